The van der Waals surface area contributed by atoms with Gasteiger partial charge < -0.3 is 14.8 Å². The number of ether oxygens (including phenoxy) is 2. The maximum absolute atomic E-state index is 12.8. The molecule has 4 rings (SSSR count). The molecule has 35 heavy (non-hydrogen) atoms. The lowest BCUT2D eigenvalue weighted by atomic mass is 10.2. The maximum atomic E-state index is 12.8. The maximum Gasteiger partial charge on any atom is 0.294 e. The summed E-state index contributed by atoms with van der Waals surface area (Å²) in [5, 5.41) is 2.18. The topological polar surface area (TPSA) is 84.9 Å². The number of hydrogen-bond acceptors (Lipinski definition) is 6. The van der Waals surface area contributed by atoms with Crippen LogP contribution in [0.5, 0.6) is 11.5 Å². The second kappa shape index (κ2) is 11.2. The molecule has 0 atom stereocenters. The molecule has 1 aliphatic heterocycles. The van der Waals surface area contributed by atoms with Crippen molar-refractivity contribution in [3.8, 4) is 11.5 Å². The highest BCUT2D eigenvalue weighted by molar-refractivity contribution is 9.10. The van der Waals surface area contributed by atoms with Gasteiger partial charge in [-0.25, -0.2) is 0 Å². The highest BCUT2D eigenvalue weighted by atomic mass is 79.9. The number of nitrogens with one attached hydrogen (secondary N) is 1. The highest BCUT2D eigenvalue weighted by Crippen LogP contribution is 2.34. The summed E-state index contributed by atoms with van der Waals surface area (Å²) in [5.41, 5.74) is 2.31. The number of imide groups is 1. The molecule has 3 aromatic rings. The first-order valence-electron chi connectivity index (χ1n) is 10.6. The number of anilines is 1. The van der Waals surface area contributed by atoms with Gasteiger partial charge in [-0.3, -0.25) is 19.3 Å². The molecule has 0 unspecified atom stereocenters. The first-order valence-corrected chi connectivity index (χ1v) is 12.2. The van der Waals surface area contributed by atoms with Crippen LogP contribution >= 0.6 is 27.7 Å². The average molecular weight is 553 g/mol. The lowest BCUT2D eigenvalue weighted by Crippen LogP contribution is -2.36. The number of carbonyl (C=O) groups is 3. The Labute approximate surface area is 215 Å². The van der Waals surface area contributed by atoms with Gasteiger partial charge in [0.1, 0.15) is 24.7 Å². The van der Waals surface area contributed by atoms with Crippen molar-refractivity contribution in [1.29, 1.82) is 0 Å². The van der Waals surface area contributed by atoms with E-state index in [1.54, 1.807) is 49.6 Å². The van der Waals surface area contributed by atoms with Gasteiger partial charge in [0.05, 0.1) is 16.5 Å². The SMILES string of the molecule is COc1ccc(NC(=O)CN2C(=O)S/C(=C/c3ccc(OCc4ccccc4)c(Br)c3)C2=O)cc1. The van der Waals surface area contributed by atoms with Gasteiger partial charge in [-0.2, -0.15) is 0 Å². The number of halogens is 1. The number of hydrogen-bond donors (Lipinski definition) is 1. The Bertz CT molecular complexity index is 1280. The number of methoxy groups -OCH3 is 1. The van der Waals surface area contributed by atoms with E-state index < -0.39 is 17.1 Å². The third-order valence-corrected chi connectivity index (χ3v) is 6.57. The second-order valence-corrected chi connectivity index (χ2v) is 9.36. The molecular weight excluding hydrogens is 532 g/mol. The summed E-state index contributed by atoms with van der Waals surface area (Å²) in [6.45, 7) is 0.0558. The molecule has 3 amide bonds. The summed E-state index contributed by atoms with van der Waals surface area (Å²) < 4.78 is 11.7. The normalized spacial score (nSPS) is 14.3. The molecule has 1 aliphatic rings. The summed E-state index contributed by atoms with van der Waals surface area (Å²) in [5.74, 6) is 0.336. The number of rotatable bonds is 8. The van der Waals surface area contributed by atoms with Crippen molar-refractivity contribution in [1.82, 2.24) is 4.90 Å². The molecule has 0 bridgehead atoms. The zero-order valence-electron chi connectivity index (χ0n) is 18.7. The van der Waals surface area contributed by atoms with Crippen LogP contribution in [0.15, 0.2) is 82.2 Å². The minimum Gasteiger partial charge on any atom is -0.497 e. The van der Waals surface area contributed by atoms with E-state index in [0.717, 1.165) is 32.3 Å². The molecule has 0 aliphatic carbocycles. The number of nitrogens with zero attached hydrogens (tertiary/aromatic N) is 1. The van der Waals surface area contributed by atoms with E-state index in [4.69, 9.17) is 9.47 Å². The van der Waals surface area contributed by atoms with Crippen LogP contribution in [0.4, 0.5) is 10.5 Å². The predicted molar refractivity (Wildman–Crippen MR) is 139 cm³/mol. The standard InChI is InChI=1S/C26H21BrN2O5S/c1-33-20-10-8-19(9-11-20)28-24(30)15-29-25(31)23(35-26(29)32)14-18-7-12-22(21(27)13-18)34-16-17-5-3-2-4-6-17/h2-14H,15-16H2,1H3,(H,28,30)/b23-14+. The number of amides is 3. The Morgan fingerprint density at radius 1 is 1.06 bits per heavy atom. The van der Waals surface area contributed by atoms with E-state index >= 15 is 0 Å². The van der Waals surface area contributed by atoms with Gasteiger partial charge in [0, 0.05) is 5.69 Å². The fourth-order valence-electron chi connectivity index (χ4n) is 3.27. The summed E-state index contributed by atoms with van der Waals surface area (Å²) >= 11 is 4.30. The zero-order chi connectivity index (χ0) is 24.8. The van der Waals surface area contributed by atoms with Gasteiger partial charge in [0.25, 0.3) is 11.1 Å². The molecule has 0 saturated carbocycles. The van der Waals surface area contributed by atoms with E-state index in [0.29, 0.717) is 23.8 Å². The molecule has 1 heterocycles. The average Bonchev–Trinajstić information content (AvgIpc) is 3.12. The smallest absolute Gasteiger partial charge is 0.294 e. The van der Waals surface area contributed by atoms with Crippen molar-refractivity contribution < 1.29 is 23.9 Å². The van der Waals surface area contributed by atoms with Crippen molar-refractivity contribution in [2.45, 2.75) is 6.61 Å². The van der Waals surface area contributed by atoms with Crippen LogP contribution in [0.1, 0.15) is 11.1 Å². The molecule has 3 aromatic carbocycles. The fourth-order valence-corrected chi connectivity index (χ4v) is 4.61. The monoisotopic (exact) mass is 552 g/mol. The molecule has 9 heteroatoms. The minimum atomic E-state index is -0.509. The van der Waals surface area contributed by atoms with Crippen LogP contribution in [0.25, 0.3) is 6.08 Å². The molecule has 7 nitrogen and oxygen atoms in total. The molecule has 1 fully saturated rings. The van der Waals surface area contributed by atoms with E-state index in [-0.39, 0.29) is 11.4 Å². The Morgan fingerprint density at radius 3 is 2.49 bits per heavy atom. The molecule has 0 radical (unpaired) electrons. The Hall–Kier alpha value is -3.56. The van der Waals surface area contributed by atoms with Gasteiger partial charge in [-0.15, -0.1) is 0 Å². The first kappa shape index (κ1) is 24.6. The number of carbonyl (C=O) groups excluding carboxylic acids is 3. The van der Waals surface area contributed by atoms with Gasteiger partial charge in [-0.1, -0.05) is 36.4 Å². The van der Waals surface area contributed by atoms with Crippen molar-refractivity contribution in [2.24, 2.45) is 0 Å². The lowest BCUT2D eigenvalue weighted by Gasteiger charge is -2.12. The van der Waals surface area contributed by atoms with Crippen molar-refractivity contribution in [3.05, 3.63) is 93.3 Å². The van der Waals surface area contributed by atoms with Crippen LogP contribution in [-0.2, 0) is 16.2 Å². The molecule has 178 valence electrons. The van der Waals surface area contributed by atoms with E-state index in [1.165, 1.54) is 0 Å². The van der Waals surface area contributed by atoms with Crippen LogP contribution in [0, 0.1) is 0 Å². The molecule has 0 spiro atoms. The van der Waals surface area contributed by atoms with Crippen molar-refractivity contribution in [3.63, 3.8) is 0 Å². The molecule has 1 N–H and O–H groups in total. The van der Waals surface area contributed by atoms with Crippen LogP contribution in [0.3, 0.4) is 0 Å². The van der Waals surface area contributed by atoms with Crippen LogP contribution < -0.4 is 14.8 Å². The fraction of sp³-hybridized carbons (Fsp3) is 0.115. The highest BCUT2D eigenvalue weighted by Gasteiger charge is 2.36. The van der Waals surface area contributed by atoms with Gasteiger partial charge in [-0.05, 0) is 81.3 Å². The van der Waals surface area contributed by atoms with E-state index in [2.05, 4.69) is 21.2 Å². The number of thioether (sulfide) groups is 1. The van der Waals surface area contributed by atoms with E-state index in [1.807, 2.05) is 36.4 Å². The second-order valence-electron chi connectivity index (χ2n) is 7.51. The van der Waals surface area contributed by atoms with Gasteiger partial charge in [0.15, 0.2) is 0 Å². The third-order valence-electron chi connectivity index (χ3n) is 5.04. The predicted octanol–water partition coefficient (Wildman–Crippen LogP) is 5.71. The minimum absolute atomic E-state index is 0.247. The van der Waals surface area contributed by atoms with Crippen LogP contribution in [-0.4, -0.2) is 35.6 Å². The van der Waals surface area contributed by atoms with Gasteiger partial charge in [0.2, 0.25) is 5.91 Å². The quantitative estimate of drug-likeness (QED) is 0.360. The largest absolute Gasteiger partial charge is 0.497 e. The molecule has 1 saturated heterocycles. The molecule has 0 aromatic heterocycles. The summed E-state index contributed by atoms with van der Waals surface area (Å²) in [6.07, 6.45) is 1.62. The van der Waals surface area contributed by atoms with Gasteiger partial charge >= 0.3 is 0 Å². The van der Waals surface area contributed by atoms with Crippen molar-refractivity contribution in [2.75, 3.05) is 19.0 Å². The zero-order valence-corrected chi connectivity index (χ0v) is 21.1. The number of benzene rings is 3. The Kier molecular flexibility index (Phi) is 7.89. The first-order chi connectivity index (χ1) is 16.9. The summed E-state index contributed by atoms with van der Waals surface area (Å²) in [6, 6.07) is 22.0. The summed E-state index contributed by atoms with van der Waals surface area (Å²) in [4.78, 5) is 38.8. The Balaban J connectivity index is 1.38. The van der Waals surface area contributed by atoms with Crippen LogP contribution in [0.2, 0.25) is 0 Å². The third kappa shape index (κ3) is 6.32. The molecular formula is C26H21BrN2O5S. The Morgan fingerprint density at radius 2 is 1.80 bits per heavy atom. The van der Waals surface area contributed by atoms with Crippen molar-refractivity contribution >= 4 is 56.5 Å². The lowest BCUT2D eigenvalue weighted by molar-refractivity contribution is -0.127. The summed E-state index contributed by atoms with van der Waals surface area (Å²) in [7, 11) is 1.55. The van der Waals surface area contributed by atoms with E-state index in [9.17, 15) is 14.4 Å².